The standard InChI is InChI=1S/C24H26FN3O5S/c1-17-9-10-23(33-17)22(28-11-13-32-14-12-28)16-26-24(29)18-5-4-6-19(15-18)34(30,31)27-21-8-3-2-7-20(21)25/h2-10,15,22,27H,11-14,16H2,1H3,(H,26,29). The van der Waals surface area contributed by atoms with Gasteiger partial charge in [0.15, 0.2) is 0 Å². The molecule has 1 aliphatic rings. The summed E-state index contributed by atoms with van der Waals surface area (Å²) in [7, 11) is -4.09. The fourth-order valence-electron chi connectivity index (χ4n) is 3.77. The number of amides is 1. The Morgan fingerprint density at radius 1 is 1.09 bits per heavy atom. The second-order valence-electron chi connectivity index (χ2n) is 7.94. The molecule has 0 bridgehead atoms. The number of aryl methyl sites for hydroxylation is 1. The number of nitrogens with one attached hydrogen (secondary N) is 2. The van der Waals surface area contributed by atoms with Crippen LogP contribution < -0.4 is 10.0 Å². The third kappa shape index (κ3) is 5.64. The smallest absolute Gasteiger partial charge is 0.262 e. The van der Waals surface area contributed by atoms with Gasteiger partial charge in [0.05, 0.1) is 29.8 Å². The maximum Gasteiger partial charge on any atom is 0.262 e. The van der Waals surface area contributed by atoms with E-state index in [4.69, 9.17) is 9.15 Å². The molecule has 1 unspecified atom stereocenters. The van der Waals surface area contributed by atoms with Crippen LogP contribution in [-0.2, 0) is 14.8 Å². The Hall–Kier alpha value is -3.21. The molecule has 34 heavy (non-hydrogen) atoms. The Morgan fingerprint density at radius 3 is 2.56 bits per heavy atom. The van der Waals surface area contributed by atoms with E-state index >= 15 is 0 Å². The lowest BCUT2D eigenvalue weighted by atomic mass is 10.1. The van der Waals surface area contributed by atoms with Gasteiger partial charge in [-0.1, -0.05) is 18.2 Å². The maximum absolute atomic E-state index is 13.9. The van der Waals surface area contributed by atoms with Crippen molar-refractivity contribution in [1.29, 1.82) is 0 Å². The zero-order chi connectivity index (χ0) is 24.1. The van der Waals surface area contributed by atoms with Crippen LogP contribution in [0.1, 0.15) is 27.9 Å². The molecule has 0 aliphatic carbocycles. The molecule has 2 aromatic carbocycles. The van der Waals surface area contributed by atoms with Gasteiger partial charge in [-0.2, -0.15) is 0 Å². The number of ether oxygens (including phenoxy) is 1. The molecule has 3 aromatic rings. The van der Waals surface area contributed by atoms with Crippen molar-refractivity contribution < 1.29 is 26.8 Å². The van der Waals surface area contributed by atoms with Crippen molar-refractivity contribution in [2.75, 3.05) is 37.6 Å². The summed E-state index contributed by atoms with van der Waals surface area (Å²) in [6, 6.07) is 14.7. The highest BCUT2D eigenvalue weighted by Gasteiger charge is 2.26. The van der Waals surface area contributed by atoms with Crippen LogP contribution >= 0.6 is 0 Å². The van der Waals surface area contributed by atoms with Gasteiger partial charge < -0.3 is 14.5 Å². The summed E-state index contributed by atoms with van der Waals surface area (Å²) >= 11 is 0. The molecule has 1 aromatic heterocycles. The van der Waals surface area contributed by atoms with Crippen molar-refractivity contribution in [3.63, 3.8) is 0 Å². The second kappa shape index (κ2) is 10.4. The van der Waals surface area contributed by atoms with Crippen LogP contribution in [0.2, 0.25) is 0 Å². The number of hydrogen-bond acceptors (Lipinski definition) is 6. The lowest BCUT2D eigenvalue weighted by Gasteiger charge is -2.33. The lowest BCUT2D eigenvalue weighted by Crippen LogP contribution is -2.43. The number of rotatable bonds is 8. The summed E-state index contributed by atoms with van der Waals surface area (Å²) in [5, 5.41) is 2.88. The number of carbonyl (C=O) groups is 1. The predicted octanol–water partition coefficient (Wildman–Crippen LogP) is 3.33. The van der Waals surface area contributed by atoms with Crippen molar-refractivity contribution in [2.45, 2.75) is 17.9 Å². The molecule has 1 saturated heterocycles. The van der Waals surface area contributed by atoms with Gasteiger partial charge in [0.2, 0.25) is 0 Å². The molecular weight excluding hydrogens is 461 g/mol. The molecule has 1 aliphatic heterocycles. The third-order valence-electron chi connectivity index (χ3n) is 5.56. The lowest BCUT2D eigenvalue weighted by molar-refractivity contribution is 0.0117. The summed E-state index contributed by atoms with van der Waals surface area (Å²) in [5.74, 6) is 0.400. The third-order valence-corrected chi connectivity index (χ3v) is 6.92. The molecule has 1 atom stereocenters. The fraction of sp³-hybridized carbons (Fsp3) is 0.292. The minimum absolute atomic E-state index is 0.144. The van der Waals surface area contributed by atoms with Crippen LogP contribution in [0, 0.1) is 12.7 Å². The number of hydrogen-bond donors (Lipinski definition) is 2. The van der Waals surface area contributed by atoms with E-state index in [2.05, 4.69) is 14.9 Å². The molecule has 0 spiro atoms. The van der Waals surface area contributed by atoms with Gasteiger partial charge in [0.1, 0.15) is 17.3 Å². The predicted molar refractivity (Wildman–Crippen MR) is 125 cm³/mol. The normalized spacial score (nSPS) is 15.6. The van der Waals surface area contributed by atoms with E-state index < -0.39 is 21.7 Å². The summed E-state index contributed by atoms with van der Waals surface area (Å²) in [6.07, 6.45) is 0. The first-order chi connectivity index (χ1) is 16.3. The van der Waals surface area contributed by atoms with Crippen molar-refractivity contribution >= 4 is 21.6 Å². The van der Waals surface area contributed by atoms with Crippen molar-refractivity contribution in [3.8, 4) is 0 Å². The van der Waals surface area contributed by atoms with Crippen molar-refractivity contribution in [3.05, 3.63) is 83.6 Å². The summed E-state index contributed by atoms with van der Waals surface area (Å²) in [5.41, 5.74) is 0.00668. The number of anilines is 1. The van der Waals surface area contributed by atoms with E-state index in [1.807, 2.05) is 19.1 Å². The fourth-order valence-corrected chi connectivity index (χ4v) is 4.89. The Bertz CT molecular complexity index is 1250. The highest BCUT2D eigenvalue weighted by Crippen LogP contribution is 2.24. The van der Waals surface area contributed by atoms with Gasteiger partial charge in [-0.05, 0) is 49.4 Å². The Morgan fingerprint density at radius 2 is 1.85 bits per heavy atom. The summed E-state index contributed by atoms with van der Waals surface area (Å²) in [4.78, 5) is 14.9. The molecule has 1 fully saturated rings. The molecule has 1 amide bonds. The monoisotopic (exact) mass is 487 g/mol. The number of morpholine rings is 1. The Labute approximate surface area is 197 Å². The molecule has 10 heteroatoms. The first-order valence-electron chi connectivity index (χ1n) is 10.9. The van der Waals surface area contributed by atoms with E-state index in [9.17, 15) is 17.6 Å². The number of halogens is 1. The van der Waals surface area contributed by atoms with Crippen molar-refractivity contribution in [2.24, 2.45) is 0 Å². The quantitative estimate of drug-likeness (QED) is 0.506. The number of sulfonamides is 1. The number of furan rings is 1. The van der Waals surface area contributed by atoms with Crippen LogP contribution in [-0.4, -0.2) is 52.1 Å². The topological polar surface area (TPSA) is 101 Å². The van der Waals surface area contributed by atoms with Crippen LogP contribution in [0.3, 0.4) is 0 Å². The zero-order valence-electron chi connectivity index (χ0n) is 18.7. The molecule has 8 nitrogen and oxygen atoms in total. The molecule has 180 valence electrons. The zero-order valence-corrected chi connectivity index (χ0v) is 19.5. The largest absolute Gasteiger partial charge is 0.465 e. The Balaban J connectivity index is 1.48. The van der Waals surface area contributed by atoms with Gasteiger partial charge in [-0.15, -0.1) is 0 Å². The van der Waals surface area contributed by atoms with E-state index in [0.29, 0.717) is 26.3 Å². The first kappa shape index (κ1) is 23.9. The number of nitrogens with zero attached hydrogens (tertiary/aromatic N) is 1. The SMILES string of the molecule is Cc1ccc(C(CNC(=O)c2cccc(S(=O)(=O)Nc3ccccc3F)c2)N2CCOCC2)o1. The Kier molecular flexibility index (Phi) is 7.30. The van der Waals surface area contributed by atoms with E-state index in [1.54, 1.807) is 0 Å². The second-order valence-corrected chi connectivity index (χ2v) is 9.62. The molecule has 4 rings (SSSR count). The van der Waals surface area contributed by atoms with Gasteiger partial charge in [0, 0.05) is 25.2 Å². The van der Waals surface area contributed by atoms with E-state index in [1.165, 1.54) is 42.5 Å². The van der Waals surface area contributed by atoms with Crippen LogP contribution in [0.4, 0.5) is 10.1 Å². The number of carbonyl (C=O) groups excluding carboxylic acids is 1. The molecule has 0 radical (unpaired) electrons. The summed E-state index contributed by atoms with van der Waals surface area (Å²) in [6.45, 7) is 4.74. The number of benzene rings is 2. The summed E-state index contributed by atoms with van der Waals surface area (Å²) < 4.78 is 52.9. The molecule has 2 heterocycles. The van der Waals surface area contributed by atoms with E-state index in [0.717, 1.165) is 17.6 Å². The van der Waals surface area contributed by atoms with Crippen LogP contribution in [0.15, 0.2) is 70.0 Å². The minimum atomic E-state index is -4.09. The van der Waals surface area contributed by atoms with Crippen LogP contribution in [0.25, 0.3) is 0 Å². The highest BCUT2D eigenvalue weighted by molar-refractivity contribution is 7.92. The van der Waals surface area contributed by atoms with Crippen LogP contribution in [0.5, 0.6) is 0 Å². The maximum atomic E-state index is 13.9. The molecule has 2 N–H and O–H groups in total. The van der Waals surface area contributed by atoms with Gasteiger partial charge in [0.25, 0.3) is 15.9 Å². The average molecular weight is 488 g/mol. The number of para-hydroxylation sites is 1. The first-order valence-corrected chi connectivity index (χ1v) is 12.4. The minimum Gasteiger partial charge on any atom is -0.465 e. The molecule has 0 saturated carbocycles. The van der Waals surface area contributed by atoms with Crippen molar-refractivity contribution in [1.82, 2.24) is 10.2 Å². The van der Waals surface area contributed by atoms with E-state index in [-0.39, 0.29) is 28.7 Å². The highest BCUT2D eigenvalue weighted by atomic mass is 32.2. The molecular formula is C24H26FN3O5S. The van der Waals surface area contributed by atoms with Gasteiger partial charge >= 0.3 is 0 Å². The van der Waals surface area contributed by atoms with Gasteiger partial charge in [-0.25, -0.2) is 12.8 Å². The average Bonchev–Trinajstić information content (AvgIpc) is 3.27. The van der Waals surface area contributed by atoms with Gasteiger partial charge in [-0.3, -0.25) is 14.4 Å².